The van der Waals surface area contributed by atoms with E-state index in [1.807, 2.05) is 0 Å². The monoisotopic (exact) mass is 349 g/mol. The molecule has 2 aromatic rings. The number of nitrogens with zero attached hydrogens (tertiary/aromatic N) is 1. The number of benzene rings is 2. The summed E-state index contributed by atoms with van der Waals surface area (Å²) in [5.41, 5.74) is 8.11. The van der Waals surface area contributed by atoms with Crippen molar-refractivity contribution in [3.05, 3.63) is 52.6 Å². The summed E-state index contributed by atoms with van der Waals surface area (Å²) >= 11 is 0. The third kappa shape index (κ3) is 3.13. The minimum Gasteiger partial charge on any atom is -0.536 e. The predicted molar refractivity (Wildman–Crippen MR) is 114 cm³/mol. The van der Waals surface area contributed by atoms with E-state index in [-0.39, 0.29) is 7.05 Å². The van der Waals surface area contributed by atoms with E-state index >= 15 is 0 Å². The van der Waals surface area contributed by atoms with Gasteiger partial charge in [0.1, 0.15) is 5.75 Å². The predicted octanol–water partition coefficient (Wildman–Crippen LogP) is 5.59. The highest BCUT2D eigenvalue weighted by Gasteiger charge is 2.40. The normalized spacial score (nSPS) is 13.8. The molecule has 2 aromatic carbocycles. The van der Waals surface area contributed by atoms with E-state index in [1.165, 1.54) is 33.4 Å². The third-order valence-electron chi connectivity index (χ3n) is 5.57. The Bertz CT molecular complexity index is 781. The van der Waals surface area contributed by atoms with Gasteiger partial charge >= 0.3 is 7.05 Å². The highest BCUT2D eigenvalue weighted by Crippen LogP contribution is 2.38. The molecule has 0 unspecified atom stereocenters. The molecule has 0 saturated heterocycles. The van der Waals surface area contributed by atoms with Crippen LogP contribution in [0.25, 0.3) is 0 Å². The van der Waals surface area contributed by atoms with Gasteiger partial charge in [-0.15, -0.1) is 0 Å². The van der Waals surface area contributed by atoms with Crippen molar-refractivity contribution >= 4 is 18.2 Å². The minimum absolute atomic E-state index is 0.0536. The van der Waals surface area contributed by atoms with Crippen LogP contribution < -0.4 is 14.9 Å². The summed E-state index contributed by atoms with van der Waals surface area (Å²) in [5, 5.41) is 0. The van der Waals surface area contributed by atoms with Gasteiger partial charge in [-0.3, -0.25) is 0 Å². The highest BCUT2D eigenvalue weighted by molar-refractivity contribution is 6.74. The van der Waals surface area contributed by atoms with Crippen LogP contribution in [0.5, 0.6) is 5.75 Å². The number of para-hydroxylation sites is 1. The summed E-state index contributed by atoms with van der Waals surface area (Å²) in [6.07, 6.45) is 0. The summed E-state index contributed by atoms with van der Waals surface area (Å²) in [5.74, 6) is 2.45. The van der Waals surface area contributed by atoms with Crippen molar-refractivity contribution in [3.63, 3.8) is 0 Å². The molecule has 1 aliphatic heterocycles. The Kier molecular flexibility index (Phi) is 5.10. The molecule has 0 aromatic heterocycles. The SMILES string of the molecule is Cc1cccc2c1N(C)B(c1c(C(C)C)cc(C(C)C)cc1C(C)C)O2. The largest absolute Gasteiger partial charge is 0.536 e. The summed E-state index contributed by atoms with van der Waals surface area (Å²) in [7, 11) is 2.11. The molecule has 26 heavy (non-hydrogen) atoms. The number of fused-ring (bicyclic) bond motifs is 1. The summed E-state index contributed by atoms with van der Waals surface area (Å²) < 4.78 is 6.49. The van der Waals surface area contributed by atoms with Crippen LogP contribution in [-0.4, -0.2) is 14.1 Å². The van der Waals surface area contributed by atoms with Crippen molar-refractivity contribution in [2.75, 3.05) is 11.9 Å². The van der Waals surface area contributed by atoms with Crippen LogP contribution in [0.2, 0.25) is 0 Å². The van der Waals surface area contributed by atoms with Crippen molar-refractivity contribution < 1.29 is 4.65 Å². The molecule has 1 aliphatic rings. The lowest BCUT2D eigenvalue weighted by molar-refractivity contribution is 0.600. The molecule has 0 fully saturated rings. The van der Waals surface area contributed by atoms with Gasteiger partial charge in [-0.1, -0.05) is 65.8 Å². The molecule has 0 spiro atoms. The first kappa shape index (κ1) is 18.9. The highest BCUT2D eigenvalue weighted by atomic mass is 16.5. The molecule has 0 atom stereocenters. The van der Waals surface area contributed by atoms with Gasteiger partial charge in [0.2, 0.25) is 0 Å². The van der Waals surface area contributed by atoms with E-state index in [4.69, 9.17) is 4.65 Å². The van der Waals surface area contributed by atoms with Gasteiger partial charge in [0.25, 0.3) is 0 Å². The average Bonchev–Trinajstić information content (AvgIpc) is 2.91. The first-order valence-corrected chi connectivity index (χ1v) is 9.89. The molecule has 0 saturated carbocycles. The molecule has 138 valence electrons. The van der Waals surface area contributed by atoms with Crippen molar-refractivity contribution in [3.8, 4) is 5.75 Å². The number of hydrogen-bond acceptors (Lipinski definition) is 2. The van der Waals surface area contributed by atoms with Crippen LogP contribution in [0.3, 0.4) is 0 Å². The van der Waals surface area contributed by atoms with Gasteiger partial charge in [-0.05, 0) is 65.5 Å². The molecule has 1 heterocycles. The lowest BCUT2D eigenvalue weighted by atomic mass is 9.63. The van der Waals surface area contributed by atoms with Crippen LogP contribution in [-0.2, 0) is 0 Å². The van der Waals surface area contributed by atoms with Gasteiger partial charge in [0.15, 0.2) is 0 Å². The molecule has 2 nitrogen and oxygen atoms in total. The molecule has 3 rings (SSSR count). The molecule has 0 aliphatic carbocycles. The van der Waals surface area contributed by atoms with Gasteiger partial charge in [-0.25, -0.2) is 0 Å². The Labute approximate surface area is 159 Å². The Balaban J connectivity index is 2.20. The quantitative estimate of drug-likeness (QED) is 0.667. The fourth-order valence-electron chi connectivity index (χ4n) is 4.05. The topological polar surface area (TPSA) is 12.5 Å². The third-order valence-corrected chi connectivity index (χ3v) is 5.57. The molecule has 3 heteroatoms. The standard InChI is InChI=1S/C23H32BNO/c1-14(2)18-12-19(15(3)4)22(20(13-18)16(5)6)24-25(8)23-17(7)10-9-11-21(23)26-24/h9-16H,1-8H3. The maximum atomic E-state index is 6.49. The van der Waals surface area contributed by atoms with Crippen molar-refractivity contribution in [2.45, 2.75) is 66.2 Å². The smallest absolute Gasteiger partial charge is 0.519 e. The second-order valence-corrected chi connectivity index (χ2v) is 8.58. The lowest BCUT2D eigenvalue weighted by Gasteiger charge is -2.27. The fourth-order valence-corrected chi connectivity index (χ4v) is 4.05. The average molecular weight is 349 g/mol. The first-order valence-electron chi connectivity index (χ1n) is 9.89. The van der Waals surface area contributed by atoms with Crippen LogP contribution in [0.4, 0.5) is 5.69 Å². The minimum atomic E-state index is -0.0536. The van der Waals surface area contributed by atoms with Gasteiger partial charge < -0.3 is 9.47 Å². The van der Waals surface area contributed by atoms with Crippen LogP contribution in [0.1, 0.15) is 81.5 Å². The second kappa shape index (κ2) is 7.02. The number of rotatable bonds is 4. The second-order valence-electron chi connectivity index (χ2n) is 8.58. The molecular formula is C23H32BNO. The lowest BCUT2D eigenvalue weighted by Crippen LogP contribution is -2.51. The van der Waals surface area contributed by atoms with Crippen LogP contribution >= 0.6 is 0 Å². The van der Waals surface area contributed by atoms with E-state index in [9.17, 15) is 0 Å². The summed E-state index contributed by atoms with van der Waals surface area (Å²) in [6, 6.07) is 11.1. The Morgan fingerprint density at radius 2 is 1.46 bits per heavy atom. The van der Waals surface area contributed by atoms with Crippen molar-refractivity contribution in [1.29, 1.82) is 0 Å². The Hall–Kier alpha value is -1.90. The maximum absolute atomic E-state index is 6.49. The zero-order chi connectivity index (χ0) is 19.2. The van der Waals surface area contributed by atoms with Gasteiger partial charge in [-0.2, -0.15) is 0 Å². The van der Waals surface area contributed by atoms with E-state index < -0.39 is 0 Å². The maximum Gasteiger partial charge on any atom is 0.519 e. The van der Waals surface area contributed by atoms with E-state index in [1.54, 1.807) is 0 Å². The molecule has 0 N–H and O–H groups in total. The Morgan fingerprint density at radius 1 is 0.885 bits per heavy atom. The van der Waals surface area contributed by atoms with Crippen molar-refractivity contribution in [1.82, 2.24) is 0 Å². The summed E-state index contributed by atoms with van der Waals surface area (Å²) in [4.78, 5) is 2.31. The zero-order valence-corrected chi connectivity index (χ0v) is 17.6. The summed E-state index contributed by atoms with van der Waals surface area (Å²) in [6.45, 7) is 15.9. The molecule has 0 amide bonds. The fraction of sp³-hybridized carbons (Fsp3) is 0.478. The molecular weight excluding hydrogens is 317 g/mol. The number of aryl methyl sites for hydroxylation is 1. The molecule has 0 radical (unpaired) electrons. The zero-order valence-electron chi connectivity index (χ0n) is 17.6. The number of hydrogen-bond donors (Lipinski definition) is 0. The van der Waals surface area contributed by atoms with Crippen molar-refractivity contribution in [2.24, 2.45) is 0 Å². The van der Waals surface area contributed by atoms with E-state index in [0.29, 0.717) is 17.8 Å². The Morgan fingerprint density at radius 3 is 1.92 bits per heavy atom. The number of anilines is 1. The van der Waals surface area contributed by atoms with Gasteiger partial charge in [0.05, 0.1) is 5.69 Å². The van der Waals surface area contributed by atoms with E-state index in [0.717, 1.165) is 5.75 Å². The van der Waals surface area contributed by atoms with Gasteiger partial charge in [0, 0.05) is 0 Å². The molecule has 0 bridgehead atoms. The van der Waals surface area contributed by atoms with E-state index in [2.05, 4.69) is 90.7 Å². The van der Waals surface area contributed by atoms with Crippen LogP contribution in [0, 0.1) is 6.92 Å². The first-order chi connectivity index (χ1) is 12.2. The van der Waals surface area contributed by atoms with Crippen LogP contribution in [0.15, 0.2) is 30.3 Å².